The number of methoxy groups -OCH3 is 1. The molecule has 2 heterocycles. The number of benzene rings is 1. The Hall–Kier alpha value is -2.14. The fourth-order valence-corrected chi connectivity index (χ4v) is 2.97. The van der Waals surface area contributed by atoms with E-state index < -0.39 is 0 Å². The number of fused-ring (bicyclic) bond motifs is 1. The molecule has 0 saturated heterocycles. The second-order valence-corrected chi connectivity index (χ2v) is 5.55. The molecule has 0 N–H and O–H groups in total. The molecular formula is C15H15N3OS. The summed E-state index contributed by atoms with van der Waals surface area (Å²) in [7, 11) is 3.73. The van der Waals surface area contributed by atoms with Gasteiger partial charge in [0.1, 0.15) is 5.75 Å². The van der Waals surface area contributed by atoms with Gasteiger partial charge in [-0.15, -0.1) is 0 Å². The van der Waals surface area contributed by atoms with Gasteiger partial charge in [0, 0.05) is 26.0 Å². The number of ether oxygens (including phenoxy) is 1. The van der Waals surface area contributed by atoms with Crippen LogP contribution in [0, 0.1) is 0 Å². The van der Waals surface area contributed by atoms with Gasteiger partial charge in [0.05, 0.1) is 17.3 Å². The third-order valence-corrected chi connectivity index (χ3v) is 4.21. The van der Waals surface area contributed by atoms with Crippen molar-refractivity contribution in [3.63, 3.8) is 0 Å². The van der Waals surface area contributed by atoms with E-state index in [9.17, 15) is 0 Å². The molecule has 0 unspecified atom stereocenters. The molecule has 4 nitrogen and oxygen atoms in total. The zero-order chi connectivity index (χ0) is 13.9. The number of anilines is 1. The van der Waals surface area contributed by atoms with E-state index in [1.807, 2.05) is 42.7 Å². The molecule has 1 aromatic carbocycles. The zero-order valence-electron chi connectivity index (χ0n) is 11.4. The summed E-state index contributed by atoms with van der Waals surface area (Å²) in [5.41, 5.74) is 2.23. The Balaban J connectivity index is 1.86. The highest BCUT2D eigenvalue weighted by Crippen LogP contribution is 2.31. The number of hydrogen-bond donors (Lipinski definition) is 0. The van der Waals surface area contributed by atoms with Gasteiger partial charge in [-0.2, -0.15) is 0 Å². The van der Waals surface area contributed by atoms with E-state index >= 15 is 0 Å². The van der Waals surface area contributed by atoms with Crippen molar-refractivity contribution in [3.05, 3.63) is 48.3 Å². The standard InChI is InChI=1S/C15H15N3OS/c1-18(10-11-5-7-16-8-6-11)15-17-13-4-3-12(19-2)9-14(13)20-15/h3-9H,10H2,1-2H3. The number of aromatic nitrogens is 2. The number of hydrogen-bond acceptors (Lipinski definition) is 5. The fourth-order valence-electron chi connectivity index (χ4n) is 2.01. The molecule has 5 heteroatoms. The Bertz CT molecular complexity index is 711. The lowest BCUT2D eigenvalue weighted by Gasteiger charge is -2.15. The van der Waals surface area contributed by atoms with Crippen molar-refractivity contribution in [2.45, 2.75) is 6.54 Å². The normalized spacial score (nSPS) is 10.7. The van der Waals surface area contributed by atoms with Crippen LogP contribution in [0.5, 0.6) is 5.75 Å². The summed E-state index contributed by atoms with van der Waals surface area (Å²) in [5, 5.41) is 1.00. The first-order valence-corrected chi connectivity index (χ1v) is 7.12. The number of pyridine rings is 1. The molecule has 0 amide bonds. The van der Waals surface area contributed by atoms with E-state index in [4.69, 9.17) is 4.74 Å². The number of nitrogens with zero attached hydrogens (tertiary/aromatic N) is 3. The van der Waals surface area contributed by atoms with Gasteiger partial charge >= 0.3 is 0 Å². The van der Waals surface area contributed by atoms with Crippen LogP contribution in [0.3, 0.4) is 0 Å². The van der Waals surface area contributed by atoms with Crippen molar-refractivity contribution in [1.29, 1.82) is 0 Å². The quantitative estimate of drug-likeness (QED) is 0.737. The van der Waals surface area contributed by atoms with Crippen LogP contribution in [-0.2, 0) is 6.54 Å². The molecule has 0 atom stereocenters. The SMILES string of the molecule is COc1ccc2nc(N(C)Cc3ccncc3)sc2c1. The van der Waals surface area contributed by atoms with Gasteiger partial charge in [-0.05, 0) is 35.9 Å². The smallest absolute Gasteiger partial charge is 0.186 e. The minimum atomic E-state index is 0.819. The third kappa shape index (κ3) is 2.58. The van der Waals surface area contributed by atoms with Crippen molar-refractivity contribution in [2.24, 2.45) is 0 Å². The van der Waals surface area contributed by atoms with Gasteiger partial charge in [-0.1, -0.05) is 11.3 Å². The number of thiazole rings is 1. The molecule has 0 aliphatic heterocycles. The predicted octanol–water partition coefficient (Wildman–Crippen LogP) is 3.34. The Morgan fingerprint density at radius 2 is 2.00 bits per heavy atom. The third-order valence-electron chi connectivity index (χ3n) is 3.08. The van der Waals surface area contributed by atoms with Gasteiger partial charge in [-0.25, -0.2) is 4.98 Å². The van der Waals surface area contributed by atoms with E-state index in [0.717, 1.165) is 27.6 Å². The van der Waals surface area contributed by atoms with Gasteiger partial charge in [0.25, 0.3) is 0 Å². The Morgan fingerprint density at radius 1 is 1.20 bits per heavy atom. The first-order valence-electron chi connectivity index (χ1n) is 6.31. The first kappa shape index (κ1) is 12.9. The van der Waals surface area contributed by atoms with Crippen LogP contribution in [0.15, 0.2) is 42.7 Å². The second kappa shape index (κ2) is 5.46. The maximum atomic E-state index is 5.25. The monoisotopic (exact) mass is 285 g/mol. The highest BCUT2D eigenvalue weighted by Gasteiger charge is 2.09. The first-order chi connectivity index (χ1) is 9.76. The largest absolute Gasteiger partial charge is 0.497 e. The summed E-state index contributed by atoms with van der Waals surface area (Å²) in [6.45, 7) is 0.819. The highest BCUT2D eigenvalue weighted by atomic mass is 32.1. The molecule has 20 heavy (non-hydrogen) atoms. The summed E-state index contributed by atoms with van der Waals surface area (Å²) in [4.78, 5) is 10.8. The van der Waals surface area contributed by atoms with Gasteiger partial charge < -0.3 is 9.64 Å². The Labute approximate surface area is 121 Å². The summed E-state index contributed by atoms with van der Waals surface area (Å²) in [6, 6.07) is 10.00. The van der Waals surface area contributed by atoms with Crippen molar-refractivity contribution in [1.82, 2.24) is 9.97 Å². The van der Waals surface area contributed by atoms with Gasteiger partial charge in [0.15, 0.2) is 5.13 Å². The lowest BCUT2D eigenvalue weighted by atomic mass is 10.2. The Morgan fingerprint density at radius 3 is 2.75 bits per heavy atom. The topological polar surface area (TPSA) is 38.2 Å². The second-order valence-electron chi connectivity index (χ2n) is 4.54. The van der Waals surface area contributed by atoms with E-state index in [1.54, 1.807) is 18.4 Å². The van der Waals surface area contributed by atoms with Crippen LogP contribution in [0.4, 0.5) is 5.13 Å². The highest BCUT2D eigenvalue weighted by molar-refractivity contribution is 7.22. The minimum absolute atomic E-state index is 0.819. The molecule has 3 rings (SSSR count). The average molecular weight is 285 g/mol. The molecule has 0 bridgehead atoms. The molecule has 0 saturated carbocycles. The molecule has 0 radical (unpaired) electrons. The molecule has 0 aliphatic rings. The van der Waals surface area contributed by atoms with Crippen LogP contribution >= 0.6 is 11.3 Å². The fraction of sp³-hybridized carbons (Fsp3) is 0.200. The van der Waals surface area contributed by atoms with Crippen LogP contribution in [0.1, 0.15) is 5.56 Å². The van der Waals surface area contributed by atoms with Gasteiger partial charge in [-0.3, -0.25) is 4.98 Å². The molecule has 0 fully saturated rings. The lowest BCUT2D eigenvalue weighted by molar-refractivity contribution is 0.415. The molecule has 102 valence electrons. The Kier molecular flexibility index (Phi) is 3.52. The summed E-state index contributed by atoms with van der Waals surface area (Å²) < 4.78 is 6.39. The molecule has 0 aliphatic carbocycles. The number of rotatable bonds is 4. The summed E-state index contributed by atoms with van der Waals surface area (Å²) >= 11 is 1.67. The van der Waals surface area contributed by atoms with Crippen molar-refractivity contribution in [3.8, 4) is 5.75 Å². The molecule has 3 aromatic rings. The maximum absolute atomic E-state index is 5.25. The van der Waals surface area contributed by atoms with E-state index in [1.165, 1.54) is 5.56 Å². The average Bonchev–Trinajstić information content (AvgIpc) is 2.91. The summed E-state index contributed by atoms with van der Waals surface area (Å²) in [5.74, 6) is 0.865. The molecule has 2 aromatic heterocycles. The van der Waals surface area contributed by atoms with Crippen molar-refractivity contribution < 1.29 is 4.74 Å². The van der Waals surface area contributed by atoms with Crippen LogP contribution < -0.4 is 9.64 Å². The molecule has 0 spiro atoms. The van der Waals surface area contributed by atoms with Crippen LogP contribution in [0.25, 0.3) is 10.2 Å². The van der Waals surface area contributed by atoms with Crippen LogP contribution in [-0.4, -0.2) is 24.1 Å². The zero-order valence-corrected chi connectivity index (χ0v) is 12.2. The van der Waals surface area contributed by atoms with Crippen LogP contribution in [0.2, 0.25) is 0 Å². The molecular weight excluding hydrogens is 270 g/mol. The van der Waals surface area contributed by atoms with E-state index in [2.05, 4.69) is 21.9 Å². The van der Waals surface area contributed by atoms with E-state index in [0.29, 0.717) is 0 Å². The lowest BCUT2D eigenvalue weighted by Crippen LogP contribution is -2.15. The van der Waals surface area contributed by atoms with E-state index in [-0.39, 0.29) is 0 Å². The maximum Gasteiger partial charge on any atom is 0.186 e. The minimum Gasteiger partial charge on any atom is -0.497 e. The summed E-state index contributed by atoms with van der Waals surface area (Å²) in [6.07, 6.45) is 3.62. The van der Waals surface area contributed by atoms with Gasteiger partial charge in [0.2, 0.25) is 0 Å². The van der Waals surface area contributed by atoms with Crippen molar-refractivity contribution >= 4 is 26.7 Å². The predicted molar refractivity (Wildman–Crippen MR) is 82.5 cm³/mol. The van der Waals surface area contributed by atoms with Crippen molar-refractivity contribution in [2.75, 3.05) is 19.1 Å².